The Morgan fingerprint density at radius 1 is 1.47 bits per heavy atom. The predicted octanol–water partition coefficient (Wildman–Crippen LogP) is 2.28. The molecule has 1 aromatic rings. The summed E-state index contributed by atoms with van der Waals surface area (Å²) >= 11 is 5.68. The number of carboxylic acid groups (broad SMARTS) is 1. The van der Waals surface area contributed by atoms with Gasteiger partial charge in [0.1, 0.15) is 0 Å². The summed E-state index contributed by atoms with van der Waals surface area (Å²) in [5.41, 5.74) is -0.238. The van der Waals surface area contributed by atoms with Crippen LogP contribution in [0.25, 0.3) is 0 Å². The van der Waals surface area contributed by atoms with E-state index in [-0.39, 0.29) is 22.0 Å². The first kappa shape index (κ1) is 15.7. The van der Waals surface area contributed by atoms with Crippen molar-refractivity contribution in [2.24, 2.45) is 0 Å². The zero-order chi connectivity index (χ0) is 14.5. The van der Waals surface area contributed by atoms with Gasteiger partial charge in [-0.2, -0.15) is 0 Å². The molecule has 0 aliphatic rings. The highest BCUT2D eigenvalue weighted by Gasteiger charge is 2.17. The Kier molecular flexibility index (Phi) is 5.53. The minimum Gasteiger partial charge on any atom is -0.478 e. The summed E-state index contributed by atoms with van der Waals surface area (Å²) in [4.78, 5) is 10.8. The van der Waals surface area contributed by atoms with Crippen molar-refractivity contribution in [1.29, 1.82) is 0 Å². The van der Waals surface area contributed by atoms with E-state index in [0.29, 0.717) is 6.42 Å². The fourth-order valence-corrected chi connectivity index (χ4v) is 2.63. The molecule has 0 aliphatic heterocycles. The number of carboxylic acids is 1. The van der Waals surface area contributed by atoms with Gasteiger partial charge in [0.05, 0.1) is 15.5 Å². The van der Waals surface area contributed by atoms with Crippen molar-refractivity contribution in [1.82, 2.24) is 4.72 Å². The molecule has 0 atom stereocenters. The first-order chi connectivity index (χ1) is 8.88. The third-order valence-corrected chi connectivity index (χ3v) is 4.11. The van der Waals surface area contributed by atoms with E-state index in [9.17, 15) is 13.2 Å². The molecule has 1 aromatic carbocycles. The summed E-state index contributed by atoms with van der Waals surface area (Å²) in [5, 5.41) is 8.89. The maximum Gasteiger partial charge on any atom is 0.337 e. The predicted molar refractivity (Wildman–Crippen MR) is 73.0 cm³/mol. The number of nitrogens with one attached hydrogen (secondary N) is 1. The molecule has 0 bridgehead atoms. The SMILES string of the molecule is C/C=C/CCNS(=O)(=O)c1ccc(Cl)c(C(=O)O)c1. The number of benzene rings is 1. The van der Waals surface area contributed by atoms with Gasteiger partial charge in [0.15, 0.2) is 0 Å². The lowest BCUT2D eigenvalue weighted by Gasteiger charge is -2.07. The van der Waals surface area contributed by atoms with Gasteiger partial charge in [-0.15, -0.1) is 0 Å². The molecule has 0 fully saturated rings. The highest BCUT2D eigenvalue weighted by Crippen LogP contribution is 2.20. The number of halogens is 1. The molecule has 5 nitrogen and oxygen atoms in total. The summed E-state index contributed by atoms with van der Waals surface area (Å²) < 4.78 is 26.2. The maximum absolute atomic E-state index is 11.9. The van der Waals surface area contributed by atoms with E-state index in [4.69, 9.17) is 16.7 Å². The van der Waals surface area contributed by atoms with Crippen molar-refractivity contribution in [3.8, 4) is 0 Å². The molecule has 0 amide bonds. The minimum atomic E-state index is -3.72. The molecule has 0 saturated carbocycles. The number of allylic oxidation sites excluding steroid dienone is 1. The van der Waals surface area contributed by atoms with E-state index in [1.54, 1.807) is 0 Å². The van der Waals surface area contributed by atoms with Crippen LogP contribution in [0.3, 0.4) is 0 Å². The molecule has 2 N–H and O–H groups in total. The van der Waals surface area contributed by atoms with Gasteiger partial charge in [0.2, 0.25) is 10.0 Å². The molecule has 104 valence electrons. The van der Waals surface area contributed by atoms with Crippen LogP contribution in [0, 0.1) is 0 Å². The number of aromatic carboxylic acids is 1. The summed E-state index contributed by atoms with van der Waals surface area (Å²) in [6, 6.07) is 3.57. The van der Waals surface area contributed by atoms with E-state index in [1.807, 2.05) is 19.1 Å². The third-order valence-electron chi connectivity index (χ3n) is 2.32. The van der Waals surface area contributed by atoms with Crippen LogP contribution < -0.4 is 4.72 Å². The van der Waals surface area contributed by atoms with E-state index in [0.717, 1.165) is 6.07 Å². The summed E-state index contributed by atoms with van der Waals surface area (Å²) in [5.74, 6) is -1.27. The van der Waals surface area contributed by atoms with Gasteiger partial charge < -0.3 is 5.11 Å². The monoisotopic (exact) mass is 303 g/mol. The van der Waals surface area contributed by atoms with Crippen LogP contribution >= 0.6 is 11.6 Å². The van der Waals surface area contributed by atoms with Gasteiger partial charge >= 0.3 is 5.97 Å². The van der Waals surface area contributed by atoms with Crippen molar-refractivity contribution in [2.75, 3.05) is 6.54 Å². The van der Waals surface area contributed by atoms with E-state index in [1.165, 1.54) is 12.1 Å². The quantitative estimate of drug-likeness (QED) is 0.624. The lowest BCUT2D eigenvalue weighted by molar-refractivity contribution is 0.0697. The Balaban J connectivity index is 2.95. The first-order valence-electron chi connectivity index (χ1n) is 5.52. The topological polar surface area (TPSA) is 83.5 Å². The fourth-order valence-electron chi connectivity index (χ4n) is 1.36. The number of rotatable bonds is 6. The van der Waals surface area contributed by atoms with E-state index < -0.39 is 16.0 Å². The molecule has 0 spiro atoms. The molecule has 0 saturated heterocycles. The molecule has 0 aliphatic carbocycles. The Morgan fingerprint density at radius 3 is 2.74 bits per heavy atom. The van der Waals surface area contributed by atoms with Gasteiger partial charge in [0.25, 0.3) is 0 Å². The zero-order valence-corrected chi connectivity index (χ0v) is 11.8. The molecule has 0 radical (unpaired) electrons. The van der Waals surface area contributed by atoms with Crippen molar-refractivity contribution in [2.45, 2.75) is 18.2 Å². The van der Waals surface area contributed by atoms with Crippen LogP contribution in [0.1, 0.15) is 23.7 Å². The Labute approximate surface area is 117 Å². The molecule has 1 rings (SSSR count). The van der Waals surface area contributed by atoms with Crippen molar-refractivity contribution in [3.05, 3.63) is 40.9 Å². The van der Waals surface area contributed by atoms with Crippen LogP contribution in [-0.2, 0) is 10.0 Å². The zero-order valence-electron chi connectivity index (χ0n) is 10.3. The number of sulfonamides is 1. The van der Waals surface area contributed by atoms with Crippen molar-refractivity contribution < 1.29 is 18.3 Å². The second-order valence-corrected chi connectivity index (χ2v) is 5.88. The molecule has 19 heavy (non-hydrogen) atoms. The molecular weight excluding hydrogens is 290 g/mol. The summed E-state index contributed by atoms with van der Waals surface area (Å²) in [6.07, 6.45) is 4.21. The largest absolute Gasteiger partial charge is 0.478 e. The van der Waals surface area contributed by atoms with Crippen LogP contribution in [0.2, 0.25) is 5.02 Å². The molecule has 7 heteroatoms. The van der Waals surface area contributed by atoms with E-state index in [2.05, 4.69) is 4.72 Å². The molecular formula is C12H14ClNO4S. The average molecular weight is 304 g/mol. The van der Waals surface area contributed by atoms with Crippen molar-refractivity contribution >= 4 is 27.6 Å². The van der Waals surface area contributed by atoms with Gasteiger partial charge in [-0.1, -0.05) is 23.8 Å². The number of carbonyl (C=O) groups is 1. The molecule has 0 unspecified atom stereocenters. The Bertz CT molecular complexity index is 596. The first-order valence-corrected chi connectivity index (χ1v) is 7.38. The normalized spacial score (nSPS) is 11.9. The standard InChI is InChI=1S/C12H14ClNO4S/c1-2-3-4-7-14-19(17,18)9-5-6-11(13)10(8-9)12(15)16/h2-3,5-6,8,14H,4,7H2,1H3,(H,15,16)/b3-2+. The Hall–Kier alpha value is -1.37. The Morgan fingerprint density at radius 2 is 2.16 bits per heavy atom. The van der Waals surface area contributed by atoms with Gasteiger partial charge in [-0.05, 0) is 31.5 Å². The number of hydrogen-bond acceptors (Lipinski definition) is 3. The van der Waals surface area contributed by atoms with E-state index >= 15 is 0 Å². The van der Waals surface area contributed by atoms with Crippen LogP contribution in [0.5, 0.6) is 0 Å². The summed E-state index contributed by atoms with van der Waals surface area (Å²) in [6.45, 7) is 2.09. The van der Waals surface area contributed by atoms with Crippen LogP contribution in [0.4, 0.5) is 0 Å². The molecule has 0 heterocycles. The fraction of sp³-hybridized carbons (Fsp3) is 0.250. The lowest BCUT2D eigenvalue weighted by Crippen LogP contribution is -2.24. The summed E-state index contributed by atoms with van der Waals surface area (Å²) in [7, 11) is -3.72. The second kappa shape index (κ2) is 6.70. The smallest absolute Gasteiger partial charge is 0.337 e. The molecule has 0 aromatic heterocycles. The van der Waals surface area contributed by atoms with Crippen LogP contribution in [-0.4, -0.2) is 26.0 Å². The second-order valence-electron chi connectivity index (χ2n) is 3.70. The van der Waals surface area contributed by atoms with Gasteiger partial charge in [0, 0.05) is 6.54 Å². The highest BCUT2D eigenvalue weighted by atomic mass is 35.5. The lowest BCUT2D eigenvalue weighted by atomic mass is 10.2. The van der Waals surface area contributed by atoms with Gasteiger partial charge in [-0.25, -0.2) is 17.9 Å². The highest BCUT2D eigenvalue weighted by molar-refractivity contribution is 7.89. The van der Waals surface area contributed by atoms with Gasteiger partial charge in [-0.3, -0.25) is 0 Å². The van der Waals surface area contributed by atoms with Crippen molar-refractivity contribution in [3.63, 3.8) is 0 Å². The average Bonchev–Trinajstić information content (AvgIpc) is 2.34. The maximum atomic E-state index is 11.9. The minimum absolute atomic E-state index is 0.000339. The number of hydrogen-bond donors (Lipinski definition) is 2. The van der Waals surface area contributed by atoms with Crippen LogP contribution in [0.15, 0.2) is 35.2 Å². The third kappa shape index (κ3) is 4.34.